The van der Waals surface area contributed by atoms with E-state index in [2.05, 4.69) is 10.2 Å². The van der Waals surface area contributed by atoms with Crippen LogP contribution in [0.15, 0.2) is 45.9 Å². The van der Waals surface area contributed by atoms with E-state index in [0.717, 1.165) is 5.69 Å². The van der Waals surface area contributed by atoms with Crippen LogP contribution in [-0.4, -0.2) is 36.9 Å². The number of thiophene rings is 1. The zero-order chi connectivity index (χ0) is 18.7. The summed E-state index contributed by atoms with van der Waals surface area (Å²) in [6.07, 6.45) is 0.115. The highest BCUT2D eigenvalue weighted by Gasteiger charge is 2.33. The summed E-state index contributed by atoms with van der Waals surface area (Å²) in [6, 6.07) is 9.03. The van der Waals surface area contributed by atoms with E-state index in [-0.39, 0.29) is 18.4 Å². The molecule has 0 N–H and O–H groups in total. The fraction of sp³-hybridized carbons (Fsp3) is 0.235. The van der Waals surface area contributed by atoms with E-state index in [1.54, 1.807) is 0 Å². The van der Waals surface area contributed by atoms with Gasteiger partial charge in [-0.25, -0.2) is 4.79 Å². The summed E-state index contributed by atoms with van der Waals surface area (Å²) in [5.74, 6) is -1.80. The molecule has 0 bridgehead atoms. The molecule has 2 heterocycles. The molecular weight excluding hydrogens is 356 g/mol. The molecular formula is C17H16N4O4S. The Morgan fingerprint density at radius 1 is 1.12 bits per heavy atom. The van der Waals surface area contributed by atoms with E-state index in [0.29, 0.717) is 15.8 Å². The largest absolute Gasteiger partial charge is 0.378 e. The molecule has 1 aliphatic heterocycles. The Labute approximate surface area is 153 Å². The summed E-state index contributed by atoms with van der Waals surface area (Å²) >= 11 is 1.21. The molecule has 1 saturated heterocycles. The van der Waals surface area contributed by atoms with Crippen molar-refractivity contribution < 1.29 is 19.2 Å². The lowest BCUT2D eigenvalue weighted by Gasteiger charge is -2.11. The molecule has 26 heavy (non-hydrogen) atoms. The highest BCUT2D eigenvalue weighted by atomic mass is 32.1. The van der Waals surface area contributed by atoms with Crippen LogP contribution in [0.1, 0.15) is 23.2 Å². The maximum absolute atomic E-state index is 12.0. The van der Waals surface area contributed by atoms with Crippen LogP contribution in [0.3, 0.4) is 0 Å². The molecule has 0 atom stereocenters. The minimum Gasteiger partial charge on any atom is -0.378 e. The van der Waals surface area contributed by atoms with Crippen LogP contribution in [0.25, 0.3) is 0 Å². The van der Waals surface area contributed by atoms with Crippen LogP contribution in [0.5, 0.6) is 0 Å². The van der Waals surface area contributed by atoms with Crippen molar-refractivity contribution in [2.75, 3.05) is 19.0 Å². The number of carbonyl (C=O) groups excluding carboxylic acids is 3. The van der Waals surface area contributed by atoms with Crippen molar-refractivity contribution in [3.8, 4) is 0 Å². The van der Waals surface area contributed by atoms with Gasteiger partial charge in [0.15, 0.2) is 0 Å². The van der Waals surface area contributed by atoms with Gasteiger partial charge in [-0.1, -0.05) is 0 Å². The predicted molar refractivity (Wildman–Crippen MR) is 95.8 cm³/mol. The number of imide groups is 1. The number of nitrogens with zero attached hydrogens (tertiary/aromatic N) is 4. The maximum atomic E-state index is 12.0. The Morgan fingerprint density at radius 2 is 1.77 bits per heavy atom. The lowest BCUT2D eigenvalue weighted by Crippen LogP contribution is -2.31. The molecule has 3 rings (SSSR count). The van der Waals surface area contributed by atoms with E-state index in [9.17, 15) is 14.4 Å². The second kappa shape index (κ2) is 7.44. The molecule has 8 nitrogen and oxygen atoms in total. The van der Waals surface area contributed by atoms with Gasteiger partial charge in [0.25, 0.3) is 11.8 Å². The first-order valence-corrected chi connectivity index (χ1v) is 8.68. The number of hydrogen-bond donors (Lipinski definition) is 0. The van der Waals surface area contributed by atoms with E-state index in [1.807, 2.05) is 43.3 Å². The number of carbonyl (C=O) groups is 3. The molecule has 0 spiro atoms. The zero-order valence-corrected chi connectivity index (χ0v) is 15.0. The second-order valence-electron chi connectivity index (χ2n) is 5.75. The summed E-state index contributed by atoms with van der Waals surface area (Å²) in [5, 5.41) is 10.8. The van der Waals surface area contributed by atoms with Gasteiger partial charge >= 0.3 is 5.97 Å². The second-order valence-corrected chi connectivity index (χ2v) is 6.63. The molecule has 9 heteroatoms. The SMILES string of the molecule is CN(C)c1ccc(N=Nc2cc(C(=O)ON3C(=O)CCC3=O)cs2)cc1. The Hall–Kier alpha value is -3.07. The fourth-order valence-electron chi connectivity index (χ4n) is 2.20. The van der Waals surface area contributed by atoms with E-state index in [4.69, 9.17) is 4.84 Å². The standard InChI is InChI=1S/C17H16N4O4S/c1-20(2)13-5-3-12(4-6-13)18-19-14-9-11(10-26-14)17(24)25-21-15(22)7-8-16(21)23/h3-6,9-10H,7-8H2,1-2H3. The lowest BCUT2D eigenvalue weighted by molar-refractivity contribution is -0.172. The monoisotopic (exact) mass is 372 g/mol. The van der Waals surface area contributed by atoms with E-state index < -0.39 is 17.8 Å². The summed E-state index contributed by atoms with van der Waals surface area (Å²) in [6.45, 7) is 0. The number of hydrogen-bond acceptors (Lipinski definition) is 8. The Kier molecular flexibility index (Phi) is 5.08. The third kappa shape index (κ3) is 3.94. The lowest BCUT2D eigenvalue weighted by atomic mass is 10.3. The number of amides is 2. The Balaban J connectivity index is 1.64. The van der Waals surface area contributed by atoms with Crippen LogP contribution in [0, 0.1) is 0 Å². The summed E-state index contributed by atoms with van der Waals surface area (Å²) in [5.41, 5.74) is 1.94. The molecule has 0 radical (unpaired) electrons. The smallest absolute Gasteiger partial charge is 0.364 e. The summed E-state index contributed by atoms with van der Waals surface area (Å²) in [4.78, 5) is 41.8. The minimum absolute atomic E-state index is 0.0574. The van der Waals surface area contributed by atoms with Gasteiger partial charge < -0.3 is 9.74 Å². The van der Waals surface area contributed by atoms with Crippen LogP contribution in [0.4, 0.5) is 16.4 Å². The van der Waals surface area contributed by atoms with Crippen LogP contribution < -0.4 is 4.90 Å². The molecule has 0 saturated carbocycles. The molecule has 0 aliphatic carbocycles. The topological polar surface area (TPSA) is 91.6 Å². The molecule has 1 aromatic carbocycles. The molecule has 2 amide bonds. The van der Waals surface area contributed by atoms with Crippen molar-refractivity contribution in [2.45, 2.75) is 12.8 Å². The normalized spacial score (nSPS) is 14.3. The first-order valence-electron chi connectivity index (χ1n) is 7.80. The first-order chi connectivity index (χ1) is 12.4. The van der Waals surface area contributed by atoms with Gasteiger partial charge in [-0.05, 0) is 30.3 Å². The third-order valence-corrected chi connectivity index (χ3v) is 4.44. The highest BCUT2D eigenvalue weighted by molar-refractivity contribution is 7.14. The Bertz CT molecular complexity index is 857. The van der Waals surface area contributed by atoms with Gasteiger partial charge in [0.1, 0.15) is 5.00 Å². The third-order valence-electron chi connectivity index (χ3n) is 3.63. The van der Waals surface area contributed by atoms with Crippen molar-refractivity contribution in [1.29, 1.82) is 0 Å². The van der Waals surface area contributed by atoms with Gasteiger partial charge in [-0.2, -0.15) is 0 Å². The van der Waals surface area contributed by atoms with E-state index in [1.165, 1.54) is 22.8 Å². The molecule has 134 valence electrons. The average molecular weight is 372 g/mol. The number of benzene rings is 1. The summed E-state index contributed by atoms with van der Waals surface area (Å²) < 4.78 is 0. The molecule has 1 aliphatic rings. The van der Waals surface area contributed by atoms with Gasteiger partial charge in [-0.3, -0.25) is 9.59 Å². The number of azo groups is 1. The van der Waals surface area contributed by atoms with Crippen LogP contribution in [0.2, 0.25) is 0 Å². The molecule has 1 aromatic heterocycles. The predicted octanol–water partition coefficient (Wildman–Crippen LogP) is 3.45. The van der Waals surface area contributed by atoms with Gasteiger partial charge in [0.2, 0.25) is 0 Å². The zero-order valence-electron chi connectivity index (χ0n) is 14.2. The Morgan fingerprint density at radius 3 is 2.38 bits per heavy atom. The molecule has 1 fully saturated rings. The van der Waals surface area contributed by atoms with E-state index >= 15 is 0 Å². The van der Waals surface area contributed by atoms with Crippen molar-refractivity contribution >= 4 is 45.5 Å². The first kappa shape index (κ1) is 17.7. The van der Waals surface area contributed by atoms with Crippen molar-refractivity contribution in [3.63, 3.8) is 0 Å². The van der Waals surface area contributed by atoms with Crippen LogP contribution >= 0.6 is 11.3 Å². The van der Waals surface area contributed by atoms with Gasteiger partial charge in [0.05, 0.1) is 11.3 Å². The molecule has 0 unspecified atom stereocenters. The maximum Gasteiger partial charge on any atom is 0.364 e. The number of rotatable bonds is 5. The van der Waals surface area contributed by atoms with Crippen molar-refractivity contribution in [3.05, 3.63) is 41.3 Å². The average Bonchev–Trinajstić information content (AvgIpc) is 3.22. The van der Waals surface area contributed by atoms with Crippen molar-refractivity contribution in [1.82, 2.24) is 5.06 Å². The summed E-state index contributed by atoms with van der Waals surface area (Å²) in [7, 11) is 3.90. The number of anilines is 1. The fourth-order valence-corrected chi connectivity index (χ4v) is 2.90. The van der Waals surface area contributed by atoms with Gasteiger partial charge in [0, 0.05) is 38.0 Å². The van der Waals surface area contributed by atoms with Gasteiger partial charge in [-0.15, -0.1) is 26.6 Å². The quantitative estimate of drug-likeness (QED) is 0.592. The highest BCUT2D eigenvalue weighted by Crippen LogP contribution is 2.27. The molecule has 2 aromatic rings. The minimum atomic E-state index is -0.776. The van der Waals surface area contributed by atoms with Crippen molar-refractivity contribution in [2.24, 2.45) is 10.2 Å². The van der Waals surface area contributed by atoms with Crippen LogP contribution in [-0.2, 0) is 14.4 Å². The number of hydroxylamine groups is 2.